The number of hydrogen-bond donors (Lipinski definition) is 1. The van der Waals surface area contributed by atoms with E-state index in [2.05, 4.69) is 12.2 Å². The van der Waals surface area contributed by atoms with Gasteiger partial charge in [-0.15, -0.1) is 0 Å². The predicted octanol–water partition coefficient (Wildman–Crippen LogP) is 0.811. The van der Waals surface area contributed by atoms with Crippen molar-refractivity contribution in [2.24, 2.45) is 5.92 Å². The molecule has 1 saturated heterocycles. The summed E-state index contributed by atoms with van der Waals surface area (Å²) in [6.45, 7) is 4.72. The minimum Gasteiger partial charge on any atom is -0.316 e. The van der Waals surface area contributed by atoms with E-state index in [-0.39, 0.29) is 0 Å². The molecule has 0 unspecified atom stereocenters. The summed E-state index contributed by atoms with van der Waals surface area (Å²) in [4.78, 5) is 0. The van der Waals surface area contributed by atoms with Gasteiger partial charge in [-0.1, -0.05) is 6.92 Å². The molecule has 0 radical (unpaired) electrons. The average Bonchev–Trinajstić information content (AvgIpc) is 1.68. The van der Waals surface area contributed by atoms with Gasteiger partial charge in [0.15, 0.2) is 0 Å². The van der Waals surface area contributed by atoms with Crippen LogP contribution in [0.3, 0.4) is 0 Å². The lowest BCUT2D eigenvalue weighted by molar-refractivity contribution is 0.379. The molecule has 1 aliphatic rings. The van der Waals surface area contributed by atoms with Gasteiger partial charge in [0.1, 0.15) is 0 Å². The number of hydrogen-bond acceptors (Lipinski definition) is 1. The van der Waals surface area contributed by atoms with E-state index < -0.39 is 0 Å². The minimum atomic E-state index is 0.500. The molecule has 1 N–H and O–H groups in total. The fraction of sp³-hybridized carbons (Fsp3) is 1.00. The second kappa shape index (κ2) is 4.06. The van der Waals surface area contributed by atoms with Crippen molar-refractivity contribution in [3.8, 4) is 0 Å². The highest BCUT2D eigenvalue weighted by atomic mass is 19.1. The number of alkyl halides is 1. The van der Waals surface area contributed by atoms with E-state index in [4.69, 9.17) is 0 Å². The van der Waals surface area contributed by atoms with Crippen LogP contribution in [0.5, 0.6) is 0 Å². The summed E-state index contributed by atoms with van der Waals surface area (Å²) in [5.74, 6) is 0.954. The Morgan fingerprint density at radius 2 is 1.71 bits per heavy atom. The standard InChI is InChI=1S/C4H9N.CH3F/c1-4-2-5-3-4;1-2/h4-5H,2-3H2,1H3;1H3. The van der Waals surface area contributed by atoms with Crippen LogP contribution in [0.25, 0.3) is 0 Å². The topological polar surface area (TPSA) is 12.0 Å². The van der Waals surface area contributed by atoms with Gasteiger partial charge in [-0.25, -0.2) is 0 Å². The summed E-state index contributed by atoms with van der Waals surface area (Å²) in [7, 11) is 0.500. The van der Waals surface area contributed by atoms with Crippen molar-refractivity contribution in [2.75, 3.05) is 20.3 Å². The first kappa shape index (κ1) is 6.89. The zero-order valence-electron chi connectivity index (χ0n) is 4.87. The Labute approximate surface area is 43.9 Å². The first-order valence-corrected chi connectivity index (χ1v) is 2.48. The van der Waals surface area contributed by atoms with Crippen LogP contribution in [-0.2, 0) is 0 Å². The maximum atomic E-state index is 9.50. The second-order valence-corrected chi connectivity index (χ2v) is 1.76. The molecule has 0 atom stereocenters. The van der Waals surface area contributed by atoms with Crippen molar-refractivity contribution in [1.82, 2.24) is 5.32 Å². The van der Waals surface area contributed by atoms with Crippen molar-refractivity contribution in [2.45, 2.75) is 6.92 Å². The fourth-order valence-corrected chi connectivity index (χ4v) is 0.433. The molecule has 0 saturated carbocycles. The van der Waals surface area contributed by atoms with E-state index in [1.54, 1.807) is 0 Å². The van der Waals surface area contributed by atoms with Crippen LogP contribution in [0.15, 0.2) is 0 Å². The third-order valence-corrected chi connectivity index (χ3v) is 0.986. The Morgan fingerprint density at radius 3 is 1.71 bits per heavy atom. The lowest BCUT2D eigenvalue weighted by atomic mass is 10.1. The van der Waals surface area contributed by atoms with Crippen LogP contribution in [0.2, 0.25) is 0 Å². The lowest BCUT2D eigenvalue weighted by Crippen LogP contribution is -2.39. The zero-order valence-corrected chi connectivity index (χ0v) is 4.87. The van der Waals surface area contributed by atoms with Crippen LogP contribution < -0.4 is 5.32 Å². The second-order valence-electron chi connectivity index (χ2n) is 1.76. The molecule has 44 valence electrons. The van der Waals surface area contributed by atoms with Crippen LogP contribution >= 0.6 is 0 Å². The molecule has 1 aliphatic heterocycles. The fourth-order valence-electron chi connectivity index (χ4n) is 0.433. The van der Waals surface area contributed by atoms with Gasteiger partial charge in [0.05, 0.1) is 7.18 Å². The monoisotopic (exact) mass is 105 g/mol. The highest BCUT2D eigenvalue weighted by molar-refractivity contribution is 4.68. The molecule has 0 amide bonds. The third kappa shape index (κ3) is 2.57. The summed E-state index contributed by atoms with van der Waals surface area (Å²) >= 11 is 0. The maximum absolute atomic E-state index is 9.50. The zero-order chi connectivity index (χ0) is 5.70. The number of nitrogens with one attached hydrogen (secondary N) is 1. The van der Waals surface area contributed by atoms with Gasteiger partial charge in [0.2, 0.25) is 0 Å². The van der Waals surface area contributed by atoms with Gasteiger partial charge >= 0.3 is 0 Å². The molecule has 1 rings (SSSR count). The van der Waals surface area contributed by atoms with Crippen molar-refractivity contribution >= 4 is 0 Å². The summed E-state index contributed by atoms with van der Waals surface area (Å²) in [5.41, 5.74) is 0. The Kier molecular flexibility index (Phi) is 4.00. The van der Waals surface area contributed by atoms with Crippen molar-refractivity contribution in [1.29, 1.82) is 0 Å². The van der Waals surface area contributed by atoms with Gasteiger partial charge < -0.3 is 5.32 Å². The minimum absolute atomic E-state index is 0.500. The largest absolute Gasteiger partial charge is 0.316 e. The normalized spacial score (nSPS) is 19.3. The Bertz CT molecular complexity index is 35.1. The molecule has 0 spiro atoms. The Morgan fingerprint density at radius 1 is 1.43 bits per heavy atom. The molecule has 2 heteroatoms. The highest BCUT2D eigenvalue weighted by Crippen LogP contribution is 1.96. The van der Waals surface area contributed by atoms with E-state index >= 15 is 0 Å². The Hall–Kier alpha value is -0.110. The predicted molar refractivity (Wildman–Crippen MR) is 29.1 cm³/mol. The molecule has 0 bridgehead atoms. The molecule has 0 aromatic rings. The van der Waals surface area contributed by atoms with E-state index in [9.17, 15) is 4.39 Å². The highest BCUT2D eigenvalue weighted by Gasteiger charge is 2.07. The van der Waals surface area contributed by atoms with E-state index in [0.29, 0.717) is 7.18 Å². The van der Waals surface area contributed by atoms with Crippen molar-refractivity contribution in [3.63, 3.8) is 0 Å². The molecule has 0 aliphatic carbocycles. The van der Waals surface area contributed by atoms with E-state index in [1.807, 2.05) is 0 Å². The van der Waals surface area contributed by atoms with Gasteiger partial charge in [0, 0.05) is 0 Å². The van der Waals surface area contributed by atoms with Crippen LogP contribution in [0.4, 0.5) is 4.39 Å². The summed E-state index contributed by atoms with van der Waals surface area (Å²) in [6, 6.07) is 0. The molecule has 0 aromatic carbocycles. The molecular weight excluding hydrogens is 93.1 g/mol. The van der Waals surface area contributed by atoms with E-state index in [1.165, 1.54) is 13.1 Å². The Balaban J connectivity index is 0.000000162. The molecule has 1 nitrogen and oxygen atoms in total. The van der Waals surface area contributed by atoms with Crippen LogP contribution in [-0.4, -0.2) is 20.3 Å². The van der Waals surface area contributed by atoms with Crippen molar-refractivity contribution < 1.29 is 4.39 Å². The van der Waals surface area contributed by atoms with Gasteiger partial charge in [-0.05, 0) is 19.0 Å². The average molecular weight is 105 g/mol. The van der Waals surface area contributed by atoms with Crippen LogP contribution in [0.1, 0.15) is 6.92 Å². The SMILES string of the molecule is CC1CNC1.CF. The van der Waals surface area contributed by atoms with E-state index in [0.717, 1.165) is 5.92 Å². The summed E-state index contributed by atoms with van der Waals surface area (Å²) in [6.07, 6.45) is 0. The summed E-state index contributed by atoms with van der Waals surface area (Å²) in [5, 5.41) is 3.16. The van der Waals surface area contributed by atoms with Crippen LogP contribution in [0, 0.1) is 5.92 Å². The quantitative estimate of drug-likeness (QED) is 0.480. The number of rotatable bonds is 0. The molecule has 0 aromatic heterocycles. The van der Waals surface area contributed by atoms with Gasteiger partial charge in [-0.2, -0.15) is 0 Å². The molecular formula is C5H12FN. The molecule has 1 heterocycles. The molecule has 7 heavy (non-hydrogen) atoms. The maximum Gasteiger partial charge on any atom is 0.0785 e. The smallest absolute Gasteiger partial charge is 0.0785 e. The lowest BCUT2D eigenvalue weighted by Gasteiger charge is -2.21. The third-order valence-electron chi connectivity index (χ3n) is 0.986. The van der Waals surface area contributed by atoms with Gasteiger partial charge in [0.25, 0.3) is 0 Å². The summed E-state index contributed by atoms with van der Waals surface area (Å²) < 4.78 is 9.50. The molecule has 1 fully saturated rings. The number of halogens is 1. The first-order chi connectivity index (χ1) is 3.39. The van der Waals surface area contributed by atoms with Crippen molar-refractivity contribution in [3.05, 3.63) is 0 Å². The first-order valence-electron chi connectivity index (χ1n) is 2.48. The van der Waals surface area contributed by atoms with Gasteiger partial charge in [-0.3, -0.25) is 4.39 Å².